The van der Waals surface area contributed by atoms with Crippen LogP contribution in [0.2, 0.25) is 5.02 Å². The summed E-state index contributed by atoms with van der Waals surface area (Å²) in [4.78, 5) is 4.53. The fourth-order valence-corrected chi connectivity index (χ4v) is 5.95. The van der Waals surface area contributed by atoms with Gasteiger partial charge in [-0.2, -0.15) is 5.10 Å². The molecule has 0 saturated carbocycles. The Morgan fingerprint density at radius 1 is 1.21 bits per heavy atom. The van der Waals surface area contributed by atoms with Crippen LogP contribution in [0.15, 0.2) is 53.7 Å². The molecule has 2 aromatic heterocycles. The summed E-state index contributed by atoms with van der Waals surface area (Å²) in [5.74, 6) is 0.338. The van der Waals surface area contributed by atoms with Gasteiger partial charge in [0.2, 0.25) is 0 Å². The maximum atomic E-state index is 13.0. The van der Waals surface area contributed by atoms with Crippen LogP contribution >= 0.6 is 11.6 Å². The van der Waals surface area contributed by atoms with E-state index in [4.69, 9.17) is 21.1 Å². The van der Waals surface area contributed by atoms with E-state index in [0.29, 0.717) is 37.3 Å². The first kappa shape index (κ1) is 23.3. The molecule has 4 aromatic rings. The van der Waals surface area contributed by atoms with Gasteiger partial charge in [-0.15, -0.1) is 0 Å². The van der Waals surface area contributed by atoms with Gasteiger partial charge in [0.15, 0.2) is 9.84 Å². The average molecular weight is 489 g/mol. The van der Waals surface area contributed by atoms with Crippen LogP contribution in [0.1, 0.15) is 12.8 Å². The minimum absolute atomic E-state index is 0.226. The van der Waals surface area contributed by atoms with E-state index >= 15 is 0 Å². The summed E-state index contributed by atoms with van der Waals surface area (Å²) in [7, 11) is -0.206. The number of para-hydroxylation sites is 1. The first-order chi connectivity index (χ1) is 16.0. The maximum absolute atomic E-state index is 13.0. The minimum Gasteiger partial charge on any atom is -0.495 e. The van der Waals surface area contributed by atoms with Crippen molar-refractivity contribution in [2.24, 2.45) is 0 Å². The number of fused-ring (bicyclic) bond motifs is 2. The molecule has 1 aliphatic heterocycles. The zero-order valence-corrected chi connectivity index (χ0v) is 19.9. The van der Waals surface area contributed by atoms with Crippen molar-refractivity contribution in [1.82, 2.24) is 15.2 Å². The second-order valence-electron chi connectivity index (χ2n) is 7.56. The number of nitrogens with one attached hydrogen (secondary N) is 2. The number of methoxy groups -OCH3 is 1. The van der Waals surface area contributed by atoms with Crippen LogP contribution in [0.4, 0.5) is 5.69 Å². The van der Waals surface area contributed by atoms with Crippen molar-refractivity contribution >= 4 is 48.9 Å². The molecule has 1 fully saturated rings. The normalized spacial score (nSPS) is 14.6. The first-order valence-corrected chi connectivity index (χ1v) is 12.4. The van der Waals surface area contributed by atoms with Crippen molar-refractivity contribution in [3.05, 3.63) is 53.8 Å². The third kappa shape index (κ3) is 4.75. The zero-order valence-electron chi connectivity index (χ0n) is 18.3. The van der Waals surface area contributed by atoms with Crippen molar-refractivity contribution < 1.29 is 17.9 Å². The van der Waals surface area contributed by atoms with Crippen molar-refractivity contribution in [2.75, 3.05) is 32.7 Å². The van der Waals surface area contributed by atoms with Gasteiger partial charge < -0.3 is 14.8 Å². The molecular weight excluding hydrogens is 464 g/mol. The molecule has 1 aliphatic rings. The van der Waals surface area contributed by atoms with E-state index in [9.17, 15) is 8.42 Å². The number of nitrogens with zero attached hydrogens (tertiary/aromatic N) is 2. The average Bonchev–Trinajstić information content (AvgIpc) is 3.34. The molecule has 0 bridgehead atoms. The van der Waals surface area contributed by atoms with Gasteiger partial charge in [0.1, 0.15) is 10.6 Å². The highest BCUT2D eigenvalue weighted by Gasteiger charge is 2.32. The Labute approximate surface area is 197 Å². The minimum atomic E-state index is -3.48. The molecule has 0 amide bonds. The number of pyridine rings is 1. The highest BCUT2D eigenvalue weighted by Crippen LogP contribution is 2.35. The summed E-state index contributed by atoms with van der Waals surface area (Å²) in [6.07, 6.45) is 4.45. The molecule has 10 heteroatoms. The molecule has 0 aliphatic carbocycles. The van der Waals surface area contributed by atoms with Crippen LogP contribution < -0.4 is 10.1 Å². The number of H-pyrrole nitrogens is 1. The molecule has 33 heavy (non-hydrogen) atoms. The van der Waals surface area contributed by atoms with Crippen molar-refractivity contribution in [3.63, 3.8) is 0 Å². The van der Waals surface area contributed by atoms with E-state index in [1.165, 1.54) is 7.11 Å². The van der Waals surface area contributed by atoms with Crippen molar-refractivity contribution in [2.45, 2.75) is 23.0 Å². The monoisotopic (exact) mass is 488 g/mol. The summed E-state index contributed by atoms with van der Waals surface area (Å²) in [6.45, 7) is 0.951. The molecule has 0 atom stereocenters. The van der Waals surface area contributed by atoms with Gasteiger partial charge in [-0.3, -0.25) is 10.1 Å². The molecular formula is C23H25ClN4O4S. The van der Waals surface area contributed by atoms with Crippen LogP contribution in [0.5, 0.6) is 5.75 Å². The number of rotatable bonds is 4. The van der Waals surface area contributed by atoms with E-state index in [1.54, 1.807) is 31.6 Å². The van der Waals surface area contributed by atoms with Gasteiger partial charge in [-0.1, -0.05) is 23.7 Å². The molecule has 0 radical (unpaired) electrons. The predicted octanol–water partition coefficient (Wildman–Crippen LogP) is 4.45. The molecule has 3 heterocycles. The molecule has 174 valence electrons. The van der Waals surface area contributed by atoms with Crippen LogP contribution in [0.3, 0.4) is 0 Å². The van der Waals surface area contributed by atoms with Crippen molar-refractivity contribution in [3.8, 4) is 5.75 Å². The molecule has 2 aromatic carbocycles. The van der Waals surface area contributed by atoms with Gasteiger partial charge in [0.25, 0.3) is 0 Å². The number of benzene rings is 2. The maximum Gasteiger partial charge on any atom is 0.185 e. The van der Waals surface area contributed by atoms with E-state index in [0.717, 1.165) is 27.0 Å². The first-order valence-electron chi connectivity index (χ1n) is 10.5. The topological polar surface area (TPSA) is 106 Å². The number of hydrogen-bond donors (Lipinski definition) is 2. The van der Waals surface area contributed by atoms with Gasteiger partial charge in [0, 0.05) is 49.0 Å². The molecule has 5 rings (SSSR count). The number of anilines is 1. The second-order valence-corrected chi connectivity index (χ2v) is 10.2. The number of aromatic amines is 1. The molecule has 2 N–H and O–H groups in total. The lowest BCUT2D eigenvalue weighted by Gasteiger charge is -2.23. The largest absolute Gasteiger partial charge is 0.495 e. The number of hydrogen-bond acceptors (Lipinski definition) is 7. The SMILES string of the molecule is CNc1ccnc2cc(OC)c(S(=O)(=O)C3CCOCC3)cc12.Clc1cccc2cn[nH]c12. The Balaban J connectivity index is 0.000000214. The Hall–Kier alpha value is -2.88. The van der Waals surface area contributed by atoms with E-state index in [1.807, 2.05) is 24.3 Å². The van der Waals surface area contributed by atoms with Gasteiger partial charge in [-0.25, -0.2) is 8.42 Å². The quantitative estimate of drug-likeness (QED) is 0.437. The molecule has 0 unspecified atom stereocenters. The summed E-state index contributed by atoms with van der Waals surface area (Å²) in [6, 6.07) is 10.9. The number of aromatic nitrogens is 3. The van der Waals surface area contributed by atoms with Gasteiger partial charge in [0.05, 0.1) is 34.6 Å². The number of ether oxygens (including phenoxy) is 2. The Morgan fingerprint density at radius 2 is 2.00 bits per heavy atom. The number of halogens is 1. The third-order valence-electron chi connectivity index (χ3n) is 5.64. The lowest BCUT2D eigenvalue weighted by atomic mass is 10.2. The van der Waals surface area contributed by atoms with Crippen LogP contribution in [0, 0.1) is 0 Å². The fraction of sp³-hybridized carbons (Fsp3) is 0.304. The summed E-state index contributed by atoms with van der Waals surface area (Å²) in [5.41, 5.74) is 2.44. The Morgan fingerprint density at radius 3 is 2.70 bits per heavy atom. The molecule has 0 spiro atoms. The highest BCUT2D eigenvalue weighted by molar-refractivity contribution is 7.92. The van der Waals surface area contributed by atoms with Gasteiger partial charge >= 0.3 is 0 Å². The smallest absolute Gasteiger partial charge is 0.185 e. The Bertz CT molecular complexity index is 1370. The lowest BCUT2D eigenvalue weighted by molar-refractivity contribution is 0.0983. The summed E-state index contributed by atoms with van der Waals surface area (Å²) in [5, 5.41) is 11.8. The second kappa shape index (κ2) is 9.94. The zero-order chi connectivity index (χ0) is 23.4. The molecule has 1 saturated heterocycles. The van der Waals surface area contributed by atoms with Gasteiger partial charge in [-0.05, 0) is 31.0 Å². The summed E-state index contributed by atoms with van der Waals surface area (Å²) < 4.78 is 36.7. The standard InChI is InChI=1S/C16H20N2O4S.C7H5ClN2/c1-17-13-3-6-18-14-10-15(21-2)16(9-12(13)14)23(19,20)11-4-7-22-8-5-11;8-6-3-1-2-5-4-9-10-7(5)6/h3,6,9-11H,4-5,7-8H2,1-2H3,(H,17,18);1-4H,(H,9,10). The fourth-order valence-electron chi connectivity index (χ4n) is 3.85. The summed E-state index contributed by atoms with van der Waals surface area (Å²) >= 11 is 5.83. The third-order valence-corrected chi connectivity index (χ3v) is 8.23. The van der Waals surface area contributed by atoms with E-state index in [-0.39, 0.29) is 4.90 Å². The van der Waals surface area contributed by atoms with Crippen LogP contribution in [-0.2, 0) is 14.6 Å². The van der Waals surface area contributed by atoms with Crippen LogP contribution in [0.25, 0.3) is 21.8 Å². The predicted molar refractivity (Wildman–Crippen MR) is 130 cm³/mol. The van der Waals surface area contributed by atoms with E-state index < -0.39 is 15.1 Å². The Kier molecular flexibility index (Phi) is 7.02. The van der Waals surface area contributed by atoms with Crippen molar-refractivity contribution in [1.29, 1.82) is 0 Å². The molecule has 8 nitrogen and oxygen atoms in total. The van der Waals surface area contributed by atoms with E-state index in [2.05, 4.69) is 20.5 Å². The lowest BCUT2D eigenvalue weighted by Crippen LogP contribution is -2.29. The number of sulfone groups is 1. The van der Waals surface area contributed by atoms with Crippen LogP contribution in [-0.4, -0.2) is 56.2 Å². The highest BCUT2D eigenvalue weighted by atomic mass is 35.5.